The van der Waals surface area contributed by atoms with Crippen molar-refractivity contribution in [1.82, 2.24) is 0 Å². The molecule has 0 radical (unpaired) electrons. The number of hydrogen-bond donors (Lipinski definition) is 0. The minimum absolute atomic E-state index is 1.12. The molecule has 0 amide bonds. The van der Waals surface area contributed by atoms with Crippen molar-refractivity contribution in [3.63, 3.8) is 0 Å². The molecule has 0 spiro atoms. The number of hydrogen-bond acceptors (Lipinski definition) is 1. The van der Waals surface area contributed by atoms with E-state index in [1.165, 1.54) is 70.7 Å². The van der Waals surface area contributed by atoms with Gasteiger partial charge in [0.05, 0.1) is 5.69 Å². The molecule has 45 heavy (non-hydrogen) atoms. The summed E-state index contributed by atoms with van der Waals surface area (Å²) >= 11 is 0. The van der Waals surface area contributed by atoms with Crippen molar-refractivity contribution >= 4 is 70.9 Å². The summed E-state index contributed by atoms with van der Waals surface area (Å²) < 4.78 is 0. The van der Waals surface area contributed by atoms with Crippen molar-refractivity contribution in [1.29, 1.82) is 0 Å². The average Bonchev–Trinajstić information content (AvgIpc) is 3.12. The Morgan fingerprint density at radius 3 is 1.56 bits per heavy atom. The molecule has 0 N–H and O–H groups in total. The molecule has 0 bridgehead atoms. The third-order valence-corrected chi connectivity index (χ3v) is 9.19. The van der Waals surface area contributed by atoms with Crippen LogP contribution in [-0.4, -0.2) is 0 Å². The van der Waals surface area contributed by atoms with E-state index in [-0.39, 0.29) is 0 Å². The molecule has 0 aliphatic rings. The molecule has 0 unspecified atom stereocenters. The standard InChI is InChI=1S/C44H29N/c1-2-10-30(11-3-1)31-22-25-36(26-23-31)45(37-27-24-34-19-18-32-12-4-6-14-38(32)42(34)29-37)43-28-35-21-20-33-13-5-7-15-39(33)44(35)41-17-9-8-16-40(41)43/h1-29H. The molecule has 0 aliphatic carbocycles. The van der Waals surface area contributed by atoms with Gasteiger partial charge in [-0.3, -0.25) is 0 Å². The molecular formula is C44H29N. The normalized spacial score (nSPS) is 11.6. The number of nitrogens with zero attached hydrogens (tertiary/aromatic N) is 1. The van der Waals surface area contributed by atoms with Crippen molar-refractivity contribution in [2.75, 3.05) is 4.90 Å². The van der Waals surface area contributed by atoms with Crippen molar-refractivity contribution < 1.29 is 0 Å². The van der Waals surface area contributed by atoms with Crippen molar-refractivity contribution in [2.24, 2.45) is 0 Å². The molecule has 9 aromatic rings. The number of anilines is 3. The summed E-state index contributed by atoms with van der Waals surface area (Å²) in [5.41, 5.74) is 5.85. The van der Waals surface area contributed by atoms with Gasteiger partial charge in [0.1, 0.15) is 0 Å². The number of rotatable bonds is 4. The highest BCUT2D eigenvalue weighted by molar-refractivity contribution is 6.23. The second-order valence-electron chi connectivity index (χ2n) is 11.8. The fourth-order valence-corrected chi connectivity index (χ4v) is 7.03. The summed E-state index contributed by atoms with van der Waals surface area (Å²) in [4.78, 5) is 2.44. The zero-order chi connectivity index (χ0) is 29.7. The van der Waals surface area contributed by atoms with Gasteiger partial charge >= 0.3 is 0 Å². The van der Waals surface area contributed by atoms with Gasteiger partial charge in [0, 0.05) is 16.8 Å². The first-order valence-corrected chi connectivity index (χ1v) is 15.5. The fraction of sp³-hybridized carbons (Fsp3) is 0. The summed E-state index contributed by atoms with van der Waals surface area (Å²) in [6.07, 6.45) is 0. The van der Waals surface area contributed by atoms with Crippen LogP contribution in [0.3, 0.4) is 0 Å². The molecule has 0 aliphatic heterocycles. The van der Waals surface area contributed by atoms with Gasteiger partial charge in [0.2, 0.25) is 0 Å². The average molecular weight is 572 g/mol. The molecule has 0 saturated carbocycles. The van der Waals surface area contributed by atoms with E-state index in [1.54, 1.807) is 0 Å². The van der Waals surface area contributed by atoms with E-state index in [4.69, 9.17) is 0 Å². The molecule has 210 valence electrons. The SMILES string of the molecule is c1ccc(-c2ccc(N(c3ccc4ccc5ccccc5c4c3)c3cc4ccc5ccccc5c4c4ccccc34)cc2)cc1. The first-order valence-electron chi connectivity index (χ1n) is 15.5. The second kappa shape index (κ2) is 10.4. The Morgan fingerprint density at radius 2 is 0.800 bits per heavy atom. The summed E-state index contributed by atoms with van der Waals surface area (Å²) in [5, 5.41) is 12.6. The van der Waals surface area contributed by atoms with Crippen molar-refractivity contribution in [3.05, 3.63) is 176 Å². The lowest BCUT2D eigenvalue weighted by Crippen LogP contribution is -2.10. The van der Waals surface area contributed by atoms with Gasteiger partial charge in [-0.2, -0.15) is 0 Å². The van der Waals surface area contributed by atoms with Gasteiger partial charge in [-0.05, 0) is 89.9 Å². The molecule has 0 heterocycles. The summed E-state index contributed by atoms with van der Waals surface area (Å²) in [7, 11) is 0. The molecule has 1 nitrogen and oxygen atoms in total. The smallest absolute Gasteiger partial charge is 0.0546 e. The van der Waals surface area contributed by atoms with Crippen LogP contribution in [0.25, 0.3) is 65.0 Å². The Kier molecular flexibility index (Phi) is 5.89. The van der Waals surface area contributed by atoms with E-state index >= 15 is 0 Å². The topological polar surface area (TPSA) is 3.24 Å². The Bertz CT molecular complexity index is 2530. The highest BCUT2D eigenvalue weighted by Crippen LogP contribution is 2.44. The maximum absolute atomic E-state index is 2.44. The van der Waals surface area contributed by atoms with Gasteiger partial charge in [-0.25, -0.2) is 0 Å². The van der Waals surface area contributed by atoms with E-state index in [9.17, 15) is 0 Å². The predicted molar refractivity (Wildman–Crippen MR) is 194 cm³/mol. The minimum atomic E-state index is 1.12. The molecular weight excluding hydrogens is 542 g/mol. The van der Waals surface area contributed by atoms with Crippen LogP contribution in [0.4, 0.5) is 17.1 Å². The zero-order valence-electron chi connectivity index (χ0n) is 24.7. The number of benzene rings is 9. The van der Waals surface area contributed by atoms with E-state index in [0.29, 0.717) is 0 Å². The van der Waals surface area contributed by atoms with E-state index < -0.39 is 0 Å². The van der Waals surface area contributed by atoms with E-state index in [0.717, 1.165) is 11.4 Å². The highest BCUT2D eigenvalue weighted by Gasteiger charge is 2.19. The minimum Gasteiger partial charge on any atom is -0.310 e. The molecule has 0 aromatic heterocycles. The van der Waals surface area contributed by atoms with Crippen molar-refractivity contribution in [2.45, 2.75) is 0 Å². The third kappa shape index (κ3) is 4.24. The van der Waals surface area contributed by atoms with Gasteiger partial charge in [-0.15, -0.1) is 0 Å². The molecule has 0 fully saturated rings. The quantitative estimate of drug-likeness (QED) is 0.190. The predicted octanol–water partition coefficient (Wildman–Crippen LogP) is 12.6. The largest absolute Gasteiger partial charge is 0.310 e. The van der Waals surface area contributed by atoms with Crippen LogP contribution in [0.1, 0.15) is 0 Å². The first kappa shape index (κ1) is 25.6. The first-order chi connectivity index (χ1) is 22.3. The number of fused-ring (bicyclic) bond motifs is 8. The fourth-order valence-electron chi connectivity index (χ4n) is 7.03. The summed E-state index contributed by atoms with van der Waals surface area (Å²) in [6.45, 7) is 0. The van der Waals surface area contributed by atoms with Crippen LogP contribution >= 0.6 is 0 Å². The molecule has 9 aromatic carbocycles. The van der Waals surface area contributed by atoms with Gasteiger partial charge in [-0.1, -0.05) is 146 Å². The second-order valence-corrected chi connectivity index (χ2v) is 11.8. The van der Waals surface area contributed by atoms with Gasteiger partial charge in [0.15, 0.2) is 0 Å². The van der Waals surface area contributed by atoms with Crippen LogP contribution in [-0.2, 0) is 0 Å². The summed E-state index contributed by atoms with van der Waals surface area (Å²) in [5.74, 6) is 0. The van der Waals surface area contributed by atoms with Crippen molar-refractivity contribution in [3.8, 4) is 11.1 Å². The van der Waals surface area contributed by atoms with Crippen LogP contribution in [0.15, 0.2) is 176 Å². The van der Waals surface area contributed by atoms with E-state index in [1.807, 2.05) is 0 Å². The Morgan fingerprint density at radius 1 is 0.289 bits per heavy atom. The lowest BCUT2D eigenvalue weighted by atomic mass is 9.94. The molecule has 1 heteroatoms. The lowest BCUT2D eigenvalue weighted by molar-refractivity contribution is 1.31. The van der Waals surface area contributed by atoms with Crippen LogP contribution in [0, 0.1) is 0 Å². The van der Waals surface area contributed by atoms with Gasteiger partial charge < -0.3 is 4.90 Å². The summed E-state index contributed by atoms with van der Waals surface area (Å²) in [6, 6.07) is 64.1. The molecule has 9 rings (SSSR count). The maximum Gasteiger partial charge on any atom is 0.0546 e. The van der Waals surface area contributed by atoms with Gasteiger partial charge in [0.25, 0.3) is 0 Å². The third-order valence-electron chi connectivity index (χ3n) is 9.19. The molecule has 0 saturated heterocycles. The van der Waals surface area contributed by atoms with Crippen LogP contribution in [0.5, 0.6) is 0 Å². The van der Waals surface area contributed by atoms with E-state index in [2.05, 4.69) is 181 Å². The lowest BCUT2D eigenvalue weighted by Gasteiger charge is -2.28. The Labute approximate surface area is 262 Å². The highest BCUT2D eigenvalue weighted by atomic mass is 15.1. The Hall–Kier alpha value is -5.92. The molecule has 0 atom stereocenters. The maximum atomic E-state index is 2.44. The Balaban J connectivity index is 1.34. The monoisotopic (exact) mass is 571 g/mol. The van der Waals surface area contributed by atoms with Crippen LogP contribution < -0.4 is 4.90 Å². The zero-order valence-corrected chi connectivity index (χ0v) is 24.7. The van der Waals surface area contributed by atoms with Crippen LogP contribution in [0.2, 0.25) is 0 Å².